The summed E-state index contributed by atoms with van der Waals surface area (Å²) in [6.07, 6.45) is 7.34. The van der Waals surface area contributed by atoms with Gasteiger partial charge in [-0.2, -0.15) is 0 Å². The Morgan fingerprint density at radius 2 is 2.13 bits per heavy atom. The molecule has 1 aliphatic carbocycles. The molecule has 0 saturated heterocycles. The highest BCUT2D eigenvalue weighted by Gasteiger charge is 2.22. The third kappa shape index (κ3) is 5.17. The molecule has 3 N–H and O–H groups in total. The molecule has 1 rings (SSSR count). The minimum absolute atomic E-state index is 0.228. The molecule has 2 unspecified atom stereocenters. The highest BCUT2D eigenvalue weighted by molar-refractivity contribution is 5.76. The molecule has 0 spiro atoms. The zero-order valence-corrected chi connectivity index (χ0v) is 9.80. The lowest BCUT2D eigenvalue weighted by molar-refractivity contribution is -0.121. The van der Waals surface area contributed by atoms with Crippen LogP contribution in [-0.2, 0) is 4.79 Å². The van der Waals surface area contributed by atoms with Crippen molar-refractivity contribution in [1.29, 1.82) is 0 Å². The fourth-order valence-electron chi connectivity index (χ4n) is 2.24. The van der Waals surface area contributed by atoms with Gasteiger partial charge in [-0.15, -0.1) is 0 Å². The highest BCUT2D eigenvalue weighted by atomic mass is 16.1. The van der Waals surface area contributed by atoms with Gasteiger partial charge in [-0.1, -0.05) is 13.3 Å². The SMILES string of the molecule is CC1CCC(NC(=O)CCCCCN)C1. The minimum atomic E-state index is 0.228. The Morgan fingerprint density at radius 3 is 2.73 bits per heavy atom. The van der Waals surface area contributed by atoms with Crippen molar-refractivity contribution >= 4 is 5.91 Å². The number of carbonyl (C=O) groups excluding carboxylic acids is 1. The molecule has 2 atom stereocenters. The Balaban J connectivity index is 2.03. The number of unbranched alkanes of at least 4 members (excludes halogenated alkanes) is 2. The van der Waals surface area contributed by atoms with Crippen LogP contribution in [0.15, 0.2) is 0 Å². The normalized spacial score (nSPS) is 25.5. The summed E-state index contributed by atoms with van der Waals surface area (Å²) in [6, 6.07) is 0.446. The molecule has 1 saturated carbocycles. The van der Waals surface area contributed by atoms with Crippen molar-refractivity contribution in [3.8, 4) is 0 Å². The van der Waals surface area contributed by atoms with E-state index in [2.05, 4.69) is 12.2 Å². The number of hydrogen-bond donors (Lipinski definition) is 2. The first kappa shape index (κ1) is 12.5. The van der Waals surface area contributed by atoms with E-state index in [1.54, 1.807) is 0 Å². The van der Waals surface area contributed by atoms with E-state index in [4.69, 9.17) is 5.73 Å². The number of carbonyl (C=O) groups is 1. The Labute approximate surface area is 92.8 Å². The van der Waals surface area contributed by atoms with E-state index in [0.717, 1.165) is 44.6 Å². The van der Waals surface area contributed by atoms with Gasteiger partial charge < -0.3 is 11.1 Å². The summed E-state index contributed by atoms with van der Waals surface area (Å²) in [6.45, 7) is 3.00. The van der Waals surface area contributed by atoms with Crippen molar-refractivity contribution in [3.63, 3.8) is 0 Å². The van der Waals surface area contributed by atoms with E-state index in [0.29, 0.717) is 12.5 Å². The van der Waals surface area contributed by atoms with Gasteiger partial charge in [0, 0.05) is 12.5 Å². The van der Waals surface area contributed by atoms with Crippen LogP contribution < -0.4 is 11.1 Å². The van der Waals surface area contributed by atoms with Crippen LogP contribution in [0, 0.1) is 5.92 Å². The first-order valence-corrected chi connectivity index (χ1v) is 6.21. The Morgan fingerprint density at radius 1 is 1.33 bits per heavy atom. The predicted octanol–water partition coefficient (Wildman–Crippen LogP) is 1.81. The van der Waals surface area contributed by atoms with Gasteiger partial charge in [0.1, 0.15) is 0 Å². The minimum Gasteiger partial charge on any atom is -0.353 e. The topological polar surface area (TPSA) is 55.1 Å². The fraction of sp³-hybridized carbons (Fsp3) is 0.917. The molecule has 0 aromatic rings. The lowest BCUT2D eigenvalue weighted by atomic mass is 10.1. The van der Waals surface area contributed by atoms with E-state index in [1.807, 2.05) is 0 Å². The van der Waals surface area contributed by atoms with E-state index in [-0.39, 0.29) is 5.91 Å². The molecule has 1 amide bonds. The average Bonchev–Trinajstić information content (AvgIpc) is 2.59. The van der Waals surface area contributed by atoms with Crippen LogP contribution in [-0.4, -0.2) is 18.5 Å². The molecule has 3 nitrogen and oxygen atoms in total. The molecule has 88 valence electrons. The number of nitrogens with one attached hydrogen (secondary N) is 1. The maximum atomic E-state index is 11.5. The van der Waals surface area contributed by atoms with Crippen LogP contribution in [0.25, 0.3) is 0 Å². The number of hydrogen-bond acceptors (Lipinski definition) is 2. The lowest BCUT2D eigenvalue weighted by Gasteiger charge is -2.12. The Hall–Kier alpha value is -0.570. The Bertz CT molecular complexity index is 194. The molecule has 0 heterocycles. The van der Waals surface area contributed by atoms with Crippen molar-refractivity contribution < 1.29 is 4.79 Å². The summed E-state index contributed by atoms with van der Waals surface area (Å²) in [5.41, 5.74) is 5.39. The van der Waals surface area contributed by atoms with E-state index >= 15 is 0 Å². The number of rotatable bonds is 6. The van der Waals surface area contributed by atoms with Crippen molar-refractivity contribution in [2.45, 2.75) is 57.9 Å². The molecule has 15 heavy (non-hydrogen) atoms. The van der Waals surface area contributed by atoms with E-state index in [1.165, 1.54) is 6.42 Å². The van der Waals surface area contributed by atoms with Gasteiger partial charge in [-0.25, -0.2) is 0 Å². The lowest BCUT2D eigenvalue weighted by Crippen LogP contribution is -2.32. The average molecular weight is 212 g/mol. The van der Waals surface area contributed by atoms with Crippen LogP contribution in [0.3, 0.4) is 0 Å². The van der Waals surface area contributed by atoms with Gasteiger partial charge in [0.05, 0.1) is 0 Å². The summed E-state index contributed by atoms with van der Waals surface area (Å²) in [7, 11) is 0. The van der Waals surface area contributed by atoms with Gasteiger partial charge in [0.25, 0.3) is 0 Å². The first-order valence-electron chi connectivity index (χ1n) is 6.21. The second kappa shape index (κ2) is 6.83. The van der Waals surface area contributed by atoms with Crippen molar-refractivity contribution in [2.24, 2.45) is 11.7 Å². The largest absolute Gasteiger partial charge is 0.353 e. The van der Waals surface area contributed by atoms with Gasteiger partial charge in [0.15, 0.2) is 0 Å². The third-order valence-electron chi connectivity index (χ3n) is 3.17. The van der Waals surface area contributed by atoms with Gasteiger partial charge in [-0.05, 0) is 44.6 Å². The van der Waals surface area contributed by atoms with Crippen molar-refractivity contribution in [3.05, 3.63) is 0 Å². The van der Waals surface area contributed by atoms with E-state index < -0.39 is 0 Å². The first-order chi connectivity index (χ1) is 7.22. The second-order valence-electron chi connectivity index (χ2n) is 4.78. The third-order valence-corrected chi connectivity index (χ3v) is 3.17. The fourth-order valence-corrected chi connectivity index (χ4v) is 2.24. The van der Waals surface area contributed by atoms with Crippen LogP contribution in [0.5, 0.6) is 0 Å². The molecule has 0 aliphatic heterocycles. The summed E-state index contributed by atoms with van der Waals surface area (Å²) >= 11 is 0. The molecule has 0 bridgehead atoms. The Kier molecular flexibility index (Phi) is 5.69. The van der Waals surface area contributed by atoms with Gasteiger partial charge >= 0.3 is 0 Å². The van der Waals surface area contributed by atoms with Crippen molar-refractivity contribution in [2.75, 3.05) is 6.54 Å². The zero-order valence-electron chi connectivity index (χ0n) is 9.80. The number of nitrogens with two attached hydrogens (primary N) is 1. The summed E-state index contributed by atoms with van der Waals surface area (Å²) in [5.74, 6) is 1.01. The van der Waals surface area contributed by atoms with Gasteiger partial charge in [-0.3, -0.25) is 4.79 Å². The molecule has 1 aliphatic rings. The van der Waals surface area contributed by atoms with Crippen LogP contribution >= 0.6 is 0 Å². The van der Waals surface area contributed by atoms with Crippen LogP contribution in [0.2, 0.25) is 0 Å². The summed E-state index contributed by atoms with van der Waals surface area (Å²) < 4.78 is 0. The molecular formula is C12H24N2O. The summed E-state index contributed by atoms with van der Waals surface area (Å²) in [5, 5.41) is 3.12. The maximum Gasteiger partial charge on any atom is 0.220 e. The number of amides is 1. The zero-order chi connectivity index (χ0) is 11.1. The molecule has 3 heteroatoms. The molecule has 0 radical (unpaired) electrons. The predicted molar refractivity (Wildman–Crippen MR) is 62.5 cm³/mol. The second-order valence-corrected chi connectivity index (χ2v) is 4.78. The maximum absolute atomic E-state index is 11.5. The van der Waals surface area contributed by atoms with Crippen LogP contribution in [0.1, 0.15) is 51.9 Å². The molecule has 0 aromatic heterocycles. The molecular weight excluding hydrogens is 188 g/mol. The quantitative estimate of drug-likeness (QED) is 0.660. The molecule has 0 aromatic carbocycles. The van der Waals surface area contributed by atoms with E-state index in [9.17, 15) is 4.79 Å². The highest BCUT2D eigenvalue weighted by Crippen LogP contribution is 2.24. The van der Waals surface area contributed by atoms with Crippen LogP contribution in [0.4, 0.5) is 0 Å². The van der Waals surface area contributed by atoms with Gasteiger partial charge in [0.2, 0.25) is 5.91 Å². The monoisotopic (exact) mass is 212 g/mol. The molecule has 1 fully saturated rings. The smallest absolute Gasteiger partial charge is 0.220 e. The van der Waals surface area contributed by atoms with Crippen molar-refractivity contribution in [1.82, 2.24) is 5.32 Å². The summed E-state index contributed by atoms with van der Waals surface area (Å²) in [4.78, 5) is 11.5. The standard InChI is InChI=1S/C12H24N2O/c1-10-6-7-11(9-10)14-12(15)5-3-2-4-8-13/h10-11H,2-9,13H2,1H3,(H,14,15).